The van der Waals surface area contributed by atoms with Crippen LogP contribution in [0.1, 0.15) is 329 Å². The monoisotopic (exact) mass is 969 g/mol. The van der Waals surface area contributed by atoms with Crippen LogP contribution in [-0.4, -0.2) is 37.2 Å². The number of carbonyl (C=O) groups is 3. The van der Waals surface area contributed by atoms with Gasteiger partial charge in [0.2, 0.25) is 0 Å². The molecule has 0 unspecified atom stereocenters. The van der Waals surface area contributed by atoms with Crippen molar-refractivity contribution in [3.05, 3.63) is 36.5 Å². The summed E-state index contributed by atoms with van der Waals surface area (Å²) in [4.78, 5) is 38.2. The van der Waals surface area contributed by atoms with Gasteiger partial charge in [-0.1, -0.05) is 269 Å². The molecule has 69 heavy (non-hydrogen) atoms. The van der Waals surface area contributed by atoms with Gasteiger partial charge in [-0.2, -0.15) is 0 Å². The van der Waals surface area contributed by atoms with Crippen molar-refractivity contribution < 1.29 is 28.6 Å². The van der Waals surface area contributed by atoms with Crippen molar-refractivity contribution in [2.24, 2.45) is 0 Å². The average molecular weight is 970 g/mol. The lowest BCUT2D eigenvalue weighted by atomic mass is 10.0. The fourth-order valence-corrected chi connectivity index (χ4v) is 9.00. The van der Waals surface area contributed by atoms with Crippen LogP contribution in [0.2, 0.25) is 0 Å². The Morgan fingerprint density at radius 2 is 0.522 bits per heavy atom. The van der Waals surface area contributed by atoms with Gasteiger partial charge >= 0.3 is 17.9 Å². The van der Waals surface area contributed by atoms with E-state index in [1.807, 2.05) is 0 Å². The van der Waals surface area contributed by atoms with Gasteiger partial charge in [0, 0.05) is 19.3 Å². The number of allylic oxidation sites excluding steroid dienone is 6. The van der Waals surface area contributed by atoms with E-state index in [-0.39, 0.29) is 31.1 Å². The molecule has 0 aromatic heterocycles. The third-order valence-electron chi connectivity index (χ3n) is 13.6. The molecule has 0 aromatic rings. The number of hydrogen-bond acceptors (Lipinski definition) is 6. The average Bonchev–Trinajstić information content (AvgIpc) is 3.35. The molecule has 0 bridgehead atoms. The van der Waals surface area contributed by atoms with Crippen molar-refractivity contribution in [3.63, 3.8) is 0 Å². The van der Waals surface area contributed by atoms with Crippen molar-refractivity contribution in [1.29, 1.82) is 0 Å². The van der Waals surface area contributed by atoms with Crippen LogP contribution in [0.5, 0.6) is 0 Å². The number of unbranched alkanes of at least 4 members (excludes halogenated alkanes) is 39. The minimum atomic E-state index is -0.772. The summed E-state index contributed by atoms with van der Waals surface area (Å²) in [7, 11) is 0. The summed E-state index contributed by atoms with van der Waals surface area (Å²) in [5.41, 5.74) is 0. The molecule has 0 heterocycles. The SMILES string of the molecule is CCCCC/C=C\C/C=C\CCCCCCCCCCCC(=O)O[C@H](COC(=O)CCCCCCCCCCC/C=C\CCCCCCCC)COC(=O)CCCCCCCCCCCCCCC. The highest BCUT2D eigenvalue weighted by Crippen LogP contribution is 2.17. The molecule has 0 aliphatic heterocycles. The van der Waals surface area contributed by atoms with Crippen molar-refractivity contribution in [2.75, 3.05) is 13.2 Å². The number of ether oxygens (including phenoxy) is 3. The van der Waals surface area contributed by atoms with Crippen molar-refractivity contribution >= 4 is 17.9 Å². The number of rotatable bonds is 56. The van der Waals surface area contributed by atoms with E-state index in [1.165, 1.54) is 225 Å². The summed E-state index contributed by atoms with van der Waals surface area (Å²) < 4.78 is 16.9. The Hall–Kier alpha value is -2.37. The fourth-order valence-electron chi connectivity index (χ4n) is 9.00. The normalized spacial score (nSPS) is 12.2. The Balaban J connectivity index is 4.32. The van der Waals surface area contributed by atoms with Gasteiger partial charge < -0.3 is 14.2 Å². The zero-order valence-corrected chi connectivity index (χ0v) is 46.3. The van der Waals surface area contributed by atoms with E-state index in [2.05, 4.69) is 57.2 Å². The Morgan fingerprint density at radius 1 is 0.290 bits per heavy atom. The molecule has 0 saturated carbocycles. The van der Waals surface area contributed by atoms with Crippen molar-refractivity contribution in [3.8, 4) is 0 Å². The maximum atomic E-state index is 12.9. The number of esters is 3. The highest BCUT2D eigenvalue weighted by Gasteiger charge is 2.19. The molecule has 0 aliphatic carbocycles. The van der Waals surface area contributed by atoms with Crippen LogP contribution < -0.4 is 0 Å². The molecule has 6 nitrogen and oxygen atoms in total. The Labute approximate surface area is 429 Å². The van der Waals surface area contributed by atoms with Crippen LogP contribution in [0, 0.1) is 0 Å². The highest BCUT2D eigenvalue weighted by molar-refractivity contribution is 5.71. The first kappa shape index (κ1) is 66.6. The lowest BCUT2D eigenvalue weighted by molar-refractivity contribution is -0.167. The largest absolute Gasteiger partial charge is 0.462 e. The van der Waals surface area contributed by atoms with Crippen LogP contribution in [0.3, 0.4) is 0 Å². The van der Waals surface area contributed by atoms with Gasteiger partial charge in [-0.3, -0.25) is 14.4 Å². The van der Waals surface area contributed by atoms with Gasteiger partial charge in [-0.25, -0.2) is 0 Å². The standard InChI is InChI=1S/C63H116O6/c1-4-7-10-13-16-19-22-25-27-29-31-33-35-38-41-44-47-50-53-56-62(65)68-59-60(58-67-61(64)55-52-49-46-43-40-37-24-21-18-15-12-9-6-3)69-63(66)57-54-51-48-45-42-39-36-34-32-30-28-26-23-20-17-14-11-8-5-2/h17,20,25-28,60H,4-16,18-19,21-24,29-59H2,1-3H3/b20-17-,27-25-,28-26-/t60-/m0/s1. The third-order valence-corrected chi connectivity index (χ3v) is 13.6. The van der Waals surface area contributed by atoms with E-state index in [1.54, 1.807) is 0 Å². The topological polar surface area (TPSA) is 78.9 Å². The molecule has 0 N–H and O–H groups in total. The van der Waals surface area contributed by atoms with Gasteiger partial charge in [0.05, 0.1) is 0 Å². The third kappa shape index (κ3) is 56.4. The first-order valence-corrected chi connectivity index (χ1v) is 30.5. The van der Waals surface area contributed by atoms with E-state index < -0.39 is 6.10 Å². The lowest BCUT2D eigenvalue weighted by Gasteiger charge is -2.18. The van der Waals surface area contributed by atoms with Crippen LogP contribution in [-0.2, 0) is 28.6 Å². The lowest BCUT2D eigenvalue weighted by Crippen LogP contribution is -2.30. The predicted molar refractivity (Wildman–Crippen MR) is 298 cm³/mol. The van der Waals surface area contributed by atoms with Crippen molar-refractivity contribution in [2.45, 2.75) is 335 Å². The first-order chi connectivity index (χ1) is 34.0. The zero-order valence-electron chi connectivity index (χ0n) is 46.3. The predicted octanol–water partition coefficient (Wildman–Crippen LogP) is 20.4. The number of hydrogen-bond donors (Lipinski definition) is 0. The summed E-state index contributed by atoms with van der Waals surface area (Å²) in [5, 5.41) is 0. The second-order valence-corrected chi connectivity index (χ2v) is 20.6. The summed E-state index contributed by atoms with van der Waals surface area (Å²) >= 11 is 0. The molecule has 6 heteroatoms. The Bertz CT molecular complexity index is 1160. The highest BCUT2D eigenvalue weighted by atomic mass is 16.6. The van der Waals surface area contributed by atoms with E-state index in [0.29, 0.717) is 19.3 Å². The number of carbonyl (C=O) groups excluding carboxylic acids is 3. The zero-order chi connectivity index (χ0) is 50.0. The van der Waals surface area contributed by atoms with Crippen LogP contribution in [0.4, 0.5) is 0 Å². The summed E-state index contributed by atoms with van der Waals surface area (Å²) in [6.45, 7) is 6.65. The molecule has 0 radical (unpaired) electrons. The van der Waals surface area contributed by atoms with Crippen LogP contribution >= 0.6 is 0 Å². The molecule has 0 rings (SSSR count). The molecule has 0 amide bonds. The summed E-state index contributed by atoms with van der Waals surface area (Å²) in [6.07, 6.45) is 69.9. The molecular formula is C63H116O6. The molecular weight excluding hydrogens is 853 g/mol. The molecule has 0 aromatic carbocycles. The van der Waals surface area contributed by atoms with E-state index in [4.69, 9.17) is 14.2 Å². The minimum absolute atomic E-state index is 0.0704. The van der Waals surface area contributed by atoms with Crippen LogP contribution in [0.25, 0.3) is 0 Å². The Morgan fingerprint density at radius 3 is 0.841 bits per heavy atom. The van der Waals surface area contributed by atoms with E-state index in [9.17, 15) is 14.4 Å². The molecule has 0 spiro atoms. The molecule has 1 atom stereocenters. The van der Waals surface area contributed by atoms with E-state index >= 15 is 0 Å². The van der Waals surface area contributed by atoms with Gasteiger partial charge in [0.15, 0.2) is 6.10 Å². The van der Waals surface area contributed by atoms with Gasteiger partial charge in [-0.15, -0.1) is 0 Å². The van der Waals surface area contributed by atoms with E-state index in [0.717, 1.165) is 64.2 Å². The second-order valence-electron chi connectivity index (χ2n) is 20.6. The van der Waals surface area contributed by atoms with Gasteiger partial charge in [0.25, 0.3) is 0 Å². The van der Waals surface area contributed by atoms with Gasteiger partial charge in [-0.05, 0) is 77.0 Å². The quantitative estimate of drug-likeness (QED) is 0.0261. The summed E-state index contributed by atoms with van der Waals surface area (Å²) in [6, 6.07) is 0. The van der Waals surface area contributed by atoms with Crippen LogP contribution in [0.15, 0.2) is 36.5 Å². The molecule has 404 valence electrons. The smallest absolute Gasteiger partial charge is 0.306 e. The first-order valence-electron chi connectivity index (χ1n) is 30.5. The maximum Gasteiger partial charge on any atom is 0.306 e. The maximum absolute atomic E-state index is 12.9. The van der Waals surface area contributed by atoms with Gasteiger partial charge in [0.1, 0.15) is 13.2 Å². The summed E-state index contributed by atoms with van der Waals surface area (Å²) in [5.74, 6) is -0.857. The fraction of sp³-hybridized carbons (Fsp3) is 0.857. The minimum Gasteiger partial charge on any atom is -0.462 e. The Kier molecular flexibility index (Phi) is 56.2. The molecule has 0 fully saturated rings. The molecule has 0 saturated heterocycles. The molecule has 0 aliphatic rings. The van der Waals surface area contributed by atoms with Crippen molar-refractivity contribution in [1.82, 2.24) is 0 Å². The second kappa shape index (κ2) is 58.2.